The van der Waals surface area contributed by atoms with Crippen molar-refractivity contribution < 1.29 is 19.2 Å². The van der Waals surface area contributed by atoms with E-state index in [0.29, 0.717) is 0 Å². The van der Waals surface area contributed by atoms with Gasteiger partial charge in [0.05, 0.1) is 0 Å². The fourth-order valence-electron chi connectivity index (χ4n) is 2.74. The highest BCUT2D eigenvalue weighted by atomic mass is 16.2. The molecular weight excluding hydrogens is 288 g/mol. The molecule has 1 aliphatic heterocycles. The molecule has 1 aliphatic carbocycles. The monoisotopic (exact) mass is 310 g/mol. The first-order valence-corrected chi connectivity index (χ1v) is 7.54. The van der Waals surface area contributed by atoms with E-state index in [0.717, 1.165) is 30.6 Å². The summed E-state index contributed by atoms with van der Waals surface area (Å²) in [6, 6.07) is -1.13. The van der Waals surface area contributed by atoms with Gasteiger partial charge >= 0.3 is 12.1 Å². The third kappa shape index (κ3) is 3.75. The summed E-state index contributed by atoms with van der Waals surface area (Å²) in [6.45, 7) is 2.65. The molecule has 0 atom stereocenters. The molecule has 8 heteroatoms. The van der Waals surface area contributed by atoms with E-state index in [-0.39, 0.29) is 6.04 Å². The maximum atomic E-state index is 11.9. The van der Waals surface area contributed by atoms with Crippen LogP contribution in [0.2, 0.25) is 0 Å². The van der Waals surface area contributed by atoms with Crippen LogP contribution in [0.5, 0.6) is 0 Å². The van der Waals surface area contributed by atoms with Crippen molar-refractivity contribution in [3.8, 4) is 0 Å². The van der Waals surface area contributed by atoms with E-state index in [1.807, 2.05) is 0 Å². The molecule has 2 aliphatic rings. The maximum absolute atomic E-state index is 11.9. The molecule has 6 amide bonds. The molecule has 0 aromatic carbocycles. The van der Waals surface area contributed by atoms with Gasteiger partial charge in [0.15, 0.2) is 0 Å². The van der Waals surface area contributed by atoms with Crippen molar-refractivity contribution in [1.29, 1.82) is 0 Å². The summed E-state index contributed by atoms with van der Waals surface area (Å²) < 4.78 is 0. The van der Waals surface area contributed by atoms with Gasteiger partial charge < -0.3 is 10.6 Å². The number of urea groups is 2. The molecule has 2 rings (SSSR count). The van der Waals surface area contributed by atoms with Gasteiger partial charge in [0, 0.05) is 6.04 Å². The molecule has 1 heterocycles. The molecule has 8 nitrogen and oxygen atoms in total. The van der Waals surface area contributed by atoms with Gasteiger partial charge in [0.2, 0.25) is 5.91 Å². The number of hydrogen-bond acceptors (Lipinski definition) is 4. The molecule has 0 unspecified atom stereocenters. The average Bonchev–Trinajstić information content (AvgIpc) is 2.62. The van der Waals surface area contributed by atoms with Crippen molar-refractivity contribution in [2.45, 2.75) is 57.5 Å². The molecule has 1 saturated carbocycles. The quantitative estimate of drug-likeness (QED) is 0.659. The Hall–Kier alpha value is -2.12. The molecule has 0 aromatic heterocycles. The summed E-state index contributed by atoms with van der Waals surface area (Å²) in [5.41, 5.74) is -1.03. The third-order valence-corrected chi connectivity index (χ3v) is 3.94. The van der Waals surface area contributed by atoms with Crippen molar-refractivity contribution >= 4 is 23.9 Å². The molecule has 0 radical (unpaired) electrons. The standard InChI is InChI=1S/C14H22N4O4/c1-14(2)11(20)18(13(22)17-14)8-10(19)16-12(21)15-9-6-4-3-5-7-9/h9H,3-8H2,1-2H3,(H,17,22)(H2,15,16,19,21). The highest BCUT2D eigenvalue weighted by Gasteiger charge is 2.44. The van der Waals surface area contributed by atoms with Crippen molar-refractivity contribution in [2.75, 3.05) is 6.54 Å². The maximum Gasteiger partial charge on any atom is 0.325 e. The van der Waals surface area contributed by atoms with Gasteiger partial charge in [-0.3, -0.25) is 19.8 Å². The first kappa shape index (κ1) is 16.3. The van der Waals surface area contributed by atoms with E-state index in [2.05, 4.69) is 16.0 Å². The summed E-state index contributed by atoms with van der Waals surface area (Å²) in [4.78, 5) is 47.9. The molecule has 122 valence electrons. The average molecular weight is 310 g/mol. The number of carbonyl (C=O) groups is 4. The van der Waals surface area contributed by atoms with E-state index >= 15 is 0 Å². The fraction of sp³-hybridized carbons (Fsp3) is 0.714. The van der Waals surface area contributed by atoms with Gasteiger partial charge in [-0.2, -0.15) is 0 Å². The lowest BCUT2D eigenvalue weighted by Crippen LogP contribution is -2.49. The van der Waals surface area contributed by atoms with Crippen LogP contribution in [-0.2, 0) is 9.59 Å². The van der Waals surface area contributed by atoms with Gasteiger partial charge in [0.25, 0.3) is 5.91 Å². The number of imide groups is 2. The predicted octanol–water partition coefficient (Wildman–Crippen LogP) is 0.475. The van der Waals surface area contributed by atoms with Crippen LogP contribution in [0.3, 0.4) is 0 Å². The van der Waals surface area contributed by atoms with Gasteiger partial charge in [-0.1, -0.05) is 19.3 Å². The van der Waals surface area contributed by atoms with Crippen molar-refractivity contribution in [1.82, 2.24) is 20.9 Å². The lowest BCUT2D eigenvalue weighted by Gasteiger charge is -2.22. The van der Waals surface area contributed by atoms with E-state index in [1.165, 1.54) is 6.42 Å². The zero-order valence-corrected chi connectivity index (χ0v) is 12.9. The predicted molar refractivity (Wildman–Crippen MR) is 77.9 cm³/mol. The first-order valence-electron chi connectivity index (χ1n) is 7.54. The first-order chi connectivity index (χ1) is 10.3. The van der Waals surface area contributed by atoms with Crippen LogP contribution in [0.25, 0.3) is 0 Å². The number of carbonyl (C=O) groups excluding carboxylic acids is 4. The van der Waals surface area contributed by atoms with Crippen molar-refractivity contribution in [3.05, 3.63) is 0 Å². The number of rotatable bonds is 3. The van der Waals surface area contributed by atoms with Crippen LogP contribution < -0.4 is 16.0 Å². The molecule has 0 aromatic rings. The Kier molecular flexibility index (Phi) is 4.68. The molecule has 3 N–H and O–H groups in total. The molecule has 0 bridgehead atoms. The number of nitrogens with zero attached hydrogens (tertiary/aromatic N) is 1. The lowest BCUT2D eigenvalue weighted by molar-refractivity contribution is -0.133. The summed E-state index contributed by atoms with van der Waals surface area (Å²) >= 11 is 0. The summed E-state index contributed by atoms with van der Waals surface area (Å²) in [7, 11) is 0. The Bertz CT molecular complexity index is 497. The van der Waals surface area contributed by atoms with Crippen molar-refractivity contribution in [3.63, 3.8) is 0 Å². The minimum Gasteiger partial charge on any atom is -0.335 e. The van der Waals surface area contributed by atoms with Crippen LogP contribution >= 0.6 is 0 Å². The number of hydrogen-bond donors (Lipinski definition) is 3. The smallest absolute Gasteiger partial charge is 0.325 e. The largest absolute Gasteiger partial charge is 0.335 e. The minimum absolute atomic E-state index is 0.0807. The Morgan fingerprint density at radius 2 is 1.86 bits per heavy atom. The second-order valence-corrected chi connectivity index (χ2v) is 6.30. The molecule has 22 heavy (non-hydrogen) atoms. The van der Waals surface area contributed by atoms with Crippen LogP contribution in [0.1, 0.15) is 46.0 Å². The van der Waals surface area contributed by atoms with Crippen LogP contribution in [0.4, 0.5) is 9.59 Å². The molecule has 0 spiro atoms. The minimum atomic E-state index is -1.03. The lowest BCUT2D eigenvalue weighted by atomic mass is 9.96. The van der Waals surface area contributed by atoms with Crippen LogP contribution in [-0.4, -0.2) is 46.9 Å². The van der Waals surface area contributed by atoms with Gasteiger partial charge in [0.1, 0.15) is 12.1 Å². The SMILES string of the molecule is CC1(C)NC(=O)N(CC(=O)NC(=O)NC2CCCCC2)C1=O. The third-order valence-electron chi connectivity index (χ3n) is 3.94. The van der Waals surface area contributed by atoms with Crippen molar-refractivity contribution in [2.24, 2.45) is 0 Å². The fourth-order valence-corrected chi connectivity index (χ4v) is 2.74. The van der Waals surface area contributed by atoms with Crippen LogP contribution in [0, 0.1) is 0 Å². The van der Waals surface area contributed by atoms with E-state index in [9.17, 15) is 19.2 Å². The second-order valence-electron chi connectivity index (χ2n) is 6.30. The van der Waals surface area contributed by atoms with E-state index < -0.39 is 36.0 Å². The number of nitrogens with one attached hydrogen (secondary N) is 3. The molecule has 2 fully saturated rings. The normalized spacial score (nSPS) is 21.5. The Balaban J connectivity index is 1.81. The van der Waals surface area contributed by atoms with Gasteiger partial charge in [-0.05, 0) is 26.7 Å². The summed E-state index contributed by atoms with van der Waals surface area (Å²) in [5, 5.41) is 7.37. The topological polar surface area (TPSA) is 108 Å². The highest BCUT2D eigenvalue weighted by molar-refractivity contribution is 6.09. The van der Waals surface area contributed by atoms with Crippen LogP contribution in [0.15, 0.2) is 0 Å². The van der Waals surface area contributed by atoms with E-state index in [4.69, 9.17) is 0 Å². The summed E-state index contributed by atoms with van der Waals surface area (Å²) in [6.07, 6.45) is 5.11. The van der Waals surface area contributed by atoms with Gasteiger partial charge in [-0.25, -0.2) is 9.59 Å². The highest BCUT2D eigenvalue weighted by Crippen LogP contribution is 2.17. The molecule has 1 saturated heterocycles. The van der Waals surface area contributed by atoms with E-state index in [1.54, 1.807) is 13.8 Å². The second kappa shape index (κ2) is 6.33. The van der Waals surface area contributed by atoms with Gasteiger partial charge in [-0.15, -0.1) is 0 Å². The zero-order chi connectivity index (χ0) is 16.3. The summed E-state index contributed by atoms with van der Waals surface area (Å²) in [5.74, 6) is -1.17. The Morgan fingerprint density at radius 3 is 2.41 bits per heavy atom. The zero-order valence-electron chi connectivity index (χ0n) is 12.9. The number of amides is 6. The Labute approximate surface area is 129 Å². The molecular formula is C14H22N4O4. The Morgan fingerprint density at radius 1 is 1.23 bits per heavy atom.